The Morgan fingerprint density at radius 3 is 2.37 bits per heavy atom. The predicted octanol–water partition coefficient (Wildman–Crippen LogP) is 4.89. The van der Waals surface area contributed by atoms with Gasteiger partial charge in [-0.15, -0.1) is 0 Å². The van der Waals surface area contributed by atoms with E-state index in [1.54, 1.807) is 29.0 Å². The summed E-state index contributed by atoms with van der Waals surface area (Å²) in [6.45, 7) is 10.0. The number of carbonyl (C=O) groups excluding carboxylic acids is 5. The molecular weight excluding hydrogens is 852 g/mol. The summed E-state index contributed by atoms with van der Waals surface area (Å²) in [7, 11) is 1.52. The number of hydrogen-bond acceptors (Lipinski definition) is 13. The molecule has 1 atom stereocenters. The SMILES string of the molecule is CNC(=O)COc1cc2cc(Nc3nc(N4CCC5(CCN(CC6CCN(c7cccc8c7C(=O)N(C7CCC(=O)NC7=O)C8=O)CC6)CC5)CC4)ncc3Cl)ccc2n(C(C)C)c1=O. The fourth-order valence-electron chi connectivity index (χ4n) is 10.3. The number of benzene rings is 2. The van der Waals surface area contributed by atoms with Gasteiger partial charge in [-0.25, -0.2) is 4.98 Å². The molecule has 1 spiro atoms. The minimum Gasteiger partial charge on any atom is -0.478 e. The minimum atomic E-state index is -0.983. The van der Waals surface area contributed by atoms with Gasteiger partial charge in [-0.1, -0.05) is 17.7 Å². The van der Waals surface area contributed by atoms with Crippen molar-refractivity contribution < 1.29 is 28.7 Å². The third-order valence-corrected chi connectivity index (χ3v) is 14.4. The first-order valence-electron chi connectivity index (χ1n) is 22.7. The number of halogens is 1. The number of amides is 5. The number of imide groups is 2. The van der Waals surface area contributed by atoms with E-state index in [1.807, 2.05) is 38.1 Å². The average Bonchev–Trinajstić information content (AvgIpc) is 3.56. The zero-order valence-electron chi connectivity index (χ0n) is 37.0. The highest BCUT2D eigenvalue weighted by atomic mass is 35.5. The fourth-order valence-corrected chi connectivity index (χ4v) is 10.5. The first kappa shape index (κ1) is 44.1. The normalized spacial score (nSPS) is 20.4. The van der Waals surface area contributed by atoms with Crippen LogP contribution in [0.25, 0.3) is 10.9 Å². The van der Waals surface area contributed by atoms with Crippen LogP contribution >= 0.6 is 11.6 Å². The van der Waals surface area contributed by atoms with Crippen molar-refractivity contribution in [3.63, 3.8) is 0 Å². The van der Waals surface area contributed by atoms with Gasteiger partial charge in [0.2, 0.25) is 17.8 Å². The van der Waals surface area contributed by atoms with Crippen LogP contribution in [0.3, 0.4) is 0 Å². The number of aromatic nitrogens is 3. The van der Waals surface area contributed by atoms with Gasteiger partial charge >= 0.3 is 0 Å². The maximum absolute atomic E-state index is 13.7. The molecule has 5 aliphatic rings. The molecule has 342 valence electrons. The average molecular weight is 907 g/mol. The van der Waals surface area contributed by atoms with E-state index in [9.17, 15) is 28.8 Å². The Hall–Kier alpha value is -6.07. The molecule has 65 heavy (non-hydrogen) atoms. The van der Waals surface area contributed by atoms with Crippen LogP contribution in [-0.2, 0) is 14.4 Å². The molecule has 0 radical (unpaired) electrons. The van der Waals surface area contributed by atoms with E-state index in [1.165, 1.54) is 7.05 Å². The van der Waals surface area contributed by atoms with Crippen LogP contribution in [0.2, 0.25) is 5.02 Å². The summed E-state index contributed by atoms with van der Waals surface area (Å²) in [4.78, 5) is 94.2. The molecule has 0 saturated carbocycles. The summed E-state index contributed by atoms with van der Waals surface area (Å²) in [5.74, 6) is -0.534. The summed E-state index contributed by atoms with van der Waals surface area (Å²) in [6, 6.07) is 11.6. The summed E-state index contributed by atoms with van der Waals surface area (Å²) < 4.78 is 7.29. The van der Waals surface area contributed by atoms with Crippen LogP contribution in [0.4, 0.5) is 23.1 Å². The second-order valence-corrected chi connectivity index (χ2v) is 18.8. The number of hydrogen-bond donors (Lipinski definition) is 3. The highest BCUT2D eigenvalue weighted by Crippen LogP contribution is 2.43. The number of ether oxygens (including phenoxy) is 1. The van der Waals surface area contributed by atoms with E-state index >= 15 is 0 Å². The van der Waals surface area contributed by atoms with Crippen LogP contribution < -0.4 is 36.0 Å². The molecule has 0 bridgehead atoms. The van der Waals surface area contributed by atoms with E-state index in [0.29, 0.717) is 33.8 Å². The quantitative estimate of drug-likeness (QED) is 0.173. The number of piperidine rings is 4. The van der Waals surface area contributed by atoms with Crippen molar-refractivity contribution in [3.8, 4) is 5.75 Å². The van der Waals surface area contributed by atoms with Gasteiger partial charge in [0.1, 0.15) is 11.1 Å². The van der Waals surface area contributed by atoms with E-state index < -0.39 is 29.7 Å². The summed E-state index contributed by atoms with van der Waals surface area (Å²) in [6.07, 6.45) is 8.23. The molecule has 4 fully saturated rings. The summed E-state index contributed by atoms with van der Waals surface area (Å²) >= 11 is 6.64. The number of anilines is 4. The molecule has 0 aliphatic carbocycles. The number of rotatable bonds is 11. The molecule has 4 saturated heterocycles. The number of likely N-dealkylation sites (tertiary alicyclic amines) is 1. The smallest absolute Gasteiger partial charge is 0.293 e. The van der Waals surface area contributed by atoms with Gasteiger partial charge < -0.3 is 34.6 Å². The van der Waals surface area contributed by atoms with Crippen molar-refractivity contribution in [1.82, 2.24) is 35.0 Å². The first-order valence-corrected chi connectivity index (χ1v) is 23.1. The monoisotopic (exact) mass is 906 g/mol. The Bertz CT molecular complexity index is 2610. The highest BCUT2D eigenvalue weighted by molar-refractivity contribution is 6.33. The number of fused-ring (bicyclic) bond motifs is 2. The summed E-state index contributed by atoms with van der Waals surface area (Å²) in [5, 5.41) is 9.28. The molecule has 3 N–H and O–H groups in total. The van der Waals surface area contributed by atoms with Crippen LogP contribution in [0.15, 0.2) is 53.5 Å². The van der Waals surface area contributed by atoms with Gasteiger partial charge in [-0.2, -0.15) is 4.98 Å². The maximum Gasteiger partial charge on any atom is 0.293 e. The lowest BCUT2D eigenvalue weighted by molar-refractivity contribution is -0.136. The second-order valence-electron chi connectivity index (χ2n) is 18.4. The molecular formula is C47H55ClN10O7. The Labute approximate surface area is 381 Å². The Kier molecular flexibility index (Phi) is 12.3. The molecule has 9 rings (SSSR count). The number of pyridine rings is 1. The number of carbonyl (C=O) groups is 5. The molecule has 2 aromatic heterocycles. The van der Waals surface area contributed by atoms with Gasteiger partial charge in [0.25, 0.3) is 23.3 Å². The number of likely N-dealkylation sites (N-methyl/N-ethyl adjacent to an activating group) is 1. The number of nitrogens with one attached hydrogen (secondary N) is 3. The standard InChI is InChI=1S/C47H55ClN10O7/c1-28(2)57-34-8-7-31(23-30(34)24-37(44(57)63)65-27-39(60)49-3)51-41-33(48)25-50-46(53-41)56-21-15-47(16-22-56)13-19-54(20-14-47)26-29-11-17-55(18-12-29)35-6-4-5-32-40(35)45(64)58(43(32)62)36-9-10-38(59)52-42(36)61/h4-8,23-25,28-29,36H,9-22,26-27H2,1-3H3,(H,49,60)(H,50,51,53)(H,52,59,61). The topological polar surface area (TPSA) is 191 Å². The third kappa shape index (κ3) is 8.75. The lowest BCUT2D eigenvalue weighted by Gasteiger charge is -2.47. The van der Waals surface area contributed by atoms with Crippen molar-refractivity contribution in [2.24, 2.45) is 11.3 Å². The molecule has 7 heterocycles. The first-order chi connectivity index (χ1) is 31.3. The van der Waals surface area contributed by atoms with Crippen LogP contribution in [0.5, 0.6) is 5.75 Å². The van der Waals surface area contributed by atoms with Crippen LogP contribution in [-0.4, -0.2) is 119 Å². The fraction of sp³-hybridized carbons (Fsp3) is 0.489. The van der Waals surface area contributed by atoms with Crippen molar-refractivity contribution in [3.05, 3.63) is 75.2 Å². The molecule has 2 aromatic carbocycles. The largest absolute Gasteiger partial charge is 0.478 e. The van der Waals surface area contributed by atoms with E-state index in [-0.39, 0.29) is 48.1 Å². The zero-order chi connectivity index (χ0) is 45.6. The van der Waals surface area contributed by atoms with Crippen molar-refractivity contribution in [1.29, 1.82) is 0 Å². The highest BCUT2D eigenvalue weighted by Gasteiger charge is 2.46. The van der Waals surface area contributed by atoms with Crippen molar-refractivity contribution in [2.45, 2.75) is 77.3 Å². The van der Waals surface area contributed by atoms with Crippen molar-refractivity contribution >= 4 is 75.2 Å². The Morgan fingerprint density at radius 2 is 1.66 bits per heavy atom. The van der Waals surface area contributed by atoms with Gasteiger partial charge in [-0.05, 0) is 120 Å². The Morgan fingerprint density at radius 1 is 0.923 bits per heavy atom. The molecule has 5 aliphatic heterocycles. The van der Waals surface area contributed by atoms with E-state index in [4.69, 9.17) is 21.3 Å². The maximum atomic E-state index is 13.7. The lowest BCUT2D eigenvalue weighted by atomic mass is 9.71. The molecule has 17 nitrogen and oxygen atoms in total. The van der Waals surface area contributed by atoms with Gasteiger partial charge in [0.15, 0.2) is 18.2 Å². The minimum absolute atomic E-state index is 0.0892. The molecule has 5 amide bonds. The van der Waals surface area contributed by atoms with Crippen LogP contribution in [0, 0.1) is 11.3 Å². The summed E-state index contributed by atoms with van der Waals surface area (Å²) in [5.41, 5.74) is 2.86. The Balaban J connectivity index is 0.773. The zero-order valence-corrected chi connectivity index (χ0v) is 37.8. The van der Waals surface area contributed by atoms with Gasteiger partial charge in [0, 0.05) is 63.3 Å². The predicted molar refractivity (Wildman–Crippen MR) is 246 cm³/mol. The number of nitrogens with zero attached hydrogens (tertiary/aromatic N) is 7. The van der Waals surface area contributed by atoms with Crippen molar-refractivity contribution in [2.75, 3.05) is 74.6 Å². The third-order valence-electron chi connectivity index (χ3n) is 14.1. The lowest BCUT2D eigenvalue weighted by Crippen LogP contribution is -2.54. The second kappa shape index (κ2) is 18.1. The van der Waals surface area contributed by atoms with Gasteiger partial charge in [-0.3, -0.25) is 39.0 Å². The molecule has 4 aromatic rings. The molecule has 1 unspecified atom stereocenters. The van der Waals surface area contributed by atoms with E-state index in [2.05, 4.69) is 35.6 Å². The van der Waals surface area contributed by atoms with Gasteiger partial charge in [0.05, 0.1) is 28.5 Å². The van der Waals surface area contributed by atoms with Crippen LogP contribution in [0.1, 0.15) is 92.0 Å². The van der Waals surface area contributed by atoms with E-state index in [0.717, 1.165) is 112 Å². The molecule has 18 heteroatoms.